The molecule has 4 rings (SSSR count). The molecule has 0 atom stereocenters. The first kappa shape index (κ1) is 24.0. The van der Waals surface area contributed by atoms with E-state index in [4.69, 9.17) is 16.3 Å². The molecular weight excluding hydrogens is 472 g/mol. The van der Waals surface area contributed by atoms with Crippen LogP contribution in [0.2, 0.25) is 5.02 Å². The van der Waals surface area contributed by atoms with Crippen molar-refractivity contribution >= 4 is 45.7 Å². The zero-order chi connectivity index (χ0) is 24.3. The first-order chi connectivity index (χ1) is 16.4. The van der Waals surface area contributed by atoms with Crippen LogP contribution in [0.4, 0.5) is 5.00 Å². The van der Waals surface area contributed by atoms with Gasteiger partial charge in [-0.05, 0) is 49.1 Å². The molecule has 2 amide bonds. The van der Waals surface area contributed by atoms with E-state index in [1.807, 2.05) is 37.3 Å². The van der Waals surface area contributed by atoms with E-state index >= 15 is 0 Å². The average Bonchev–Trinajstić information content (AvgIpc) is 3.23. The molecule has 1 N–H and O–H groups in total. The summed E-state index contributed by atoms with van der Waals surface area (Å²) < 4.78 is 5.14. The van der Waals surface area contributed by atoms with Crippen molar-refractivity contribution in [3.8, 4) is 0 Å². The molecule has 1 fully saturated rings. The molecule has 0 radical (unpaired) electrons. The minimum absolute atomic E-state index is 0.104. The van der Waals surface area contributed by atoms with E-state index in [0.29, 0.717) is 46.4 Å². The first-order valence-electron chi connectivity index (χ1n) is 11.0. The van der Waals surface area contributed by atoms with E-state index in [1.165, 1.54) is 18.4 Å². The van der Waals surface area contributed by atoms with Gasteiger partial charge in [0, 0.05) is 13.1 Å². The van der Waals surface area contributed by atoms with Gasteiger partial charge in [0.25, 0.3) is 11.8 Å². The van der Waals surface area contributed by atoms with Gasteiger partial charge in [0.2, 0.25) is 0 Å². The highest BCUT2D eigenvalue weighted by molar-refractivity contribution is 7.18. The van der Waals surface area contributed by atoms with Crippen molar-refractivity contribution < 1.29 is 19.1 Å². The fourth-order valence-corrected chi connectivity index (χ4v) is 5.64. The van der Waals surface area contributed by atoms with Crippen LogP contribution in [-0.4, -0.2) is 42.9 Å². The van der Waals surface area contributed by atoms with Gasteiger partial charge in [-0.1, -0.05) is 54.1 Å². The number of carbonyl (C=O) groups is 3. The van der Waals surface area contributed by atoms with Gasteiger partial charge in [0.05, 0.1) is 33.0 Å². The minimum Gasteiger partial charge on any atom is -0.468 e. The quantitative estimate of drug-likeness (QED) is 0.486. The van der Waals surface area contributed by atoms with Crippen LogP contribution in [0.15, 0.2) is 60.7 Å². The summed E-state index contributed by atoms with van der Waals surface area (Å²) in [6.07, 6.45) is 0.964. The first-order valence-corrected chi connectivity index (χ1v) is 12.1. The molecule has 1 aromatic heterocycles. The molecule has 0 unspecified atom stereocenters. The summed E-state index contributed by atoms with van der Waals surface area (Å²) in [5.41, 5.74) is 1.31. The second kappa shape index (κ2) is 9.99. The minimum atomic E-state index is -0.759. The number of amides is 2. The van der Waals surface area contributed by atoms with Crippen molar-refractivity contribution in [1.29, 1.82) is 0 Å². The third kappa shape index (κ3) is 4.58. The Kier molecular flexibility index (Phi) is 7.05. The van der Waals surface area contributed by atoms with Crippen LogP contribution in [0.3, 0.4) is 0 Å². The second-order valence-electron chi connectivity index (χ2n) is 8.29. The van der Waals surface area contributed by atoms with Gasteiger partial charge in [-0.25, -0.2) is 0 Å². The number of methoxy groups -OCH3 is 1. The Balaban J connectivity index is 1.48. The summed E-state index contributed by atoms with van der Waals surface area (Å²) in [5, 5.41) is 3.78. The summed E-state index contributed by atoms with van der Waals surface area (Å²) in [6.45, 7) is 2.71. The van der Waals surface area contributed by atoms with E-state index in [1.54, 1.807) is 35.2 Å². The van der Waals surface area contributed by atoms with E-state index in [2.05, 4.69) is 5.32 Å². The van der Waals surface area contributed by atoms with Crippen LogP contribution < -0.4 is 5.32 Å². The fraction of sp³-hybridized carbons (Fsp3) is 0.269. The SMILES string of the molecule is COC(=O)C1(c2ccccc2)CCN(C(=O)c2sc(NC(=O)c3ccccc3Cl)cc2C)CC1. The monoisotopic (exact) mass is 496 g/mol. The van der Waals surface area contributed by atoms with Gasteiger partial charge in [-0.15, -0.1) is 11.3 Å². The number of thiophene rings is 1. The van der Waals surface area contributed by atoms with E-state index in [9.17, 15) is 14.4 Å². The summed E-state index contributed by atoms with van der Waals surface area (Å²) in [4.78, 5) is 41.0. The van der Waals surface area contributed by atoms with Crippen LogP contribution in [0.5, 0.6) is 0 Å². The number of piperidine rings is 1. The second-order valence-corrected chi connectivity index (χ2v) is 9.75. The Morgan fingerprint density at radius 3 is 2.32 bits per heavy atom. The fourth-order valence-electron chi connectivity index (χ4n) is 4.38. The Bertz CT molecular complexity index is 1220. The molecule has 1 aliphatic rings. The maximum absolute atomic E-state index is 13.3. The van der Waals surface area contributed by atoms with Crippen LogP contribution >= 0.6 is 22.9 Å². The lowest BCUT2D eigenvalue weighted by molar-refractivity contribution is -0.149. The number of hydrogen-bond donors (Lipinski definition) is 1. The van der Waals surface area contributed by atoms with Crippen molar-refractivity contribution in [3.63, 3.8) is 0 Å². The molecule has 2 aromatic carbocycles. The van der Waals surface area contributed by atoms with Crippen LogP contribution in [0.25, 0.3) is 0 Å². The number of rotatable bonds is 5. The third-order valence-corrected chi connectivity index (χ3v) is 7.74. The number of aryl methyl sites for hydroxylation is 1. The smallest absolute Gasteiger partial charge is 0.316 e. The highest BCUT2D eigenvalue weighted by Crippen LogP contribution is 2.38. The lowest BCUT2D eigenvalue weighted by atomic mass is 9.72. The van der Waals surface area contributed by atoms with Gasteiger partial charge >= 0.3 is 5.97 Å². The van der Waals surface area contributed by atoms with Crippen molar-refractivity contribution in [2.45, 2.75) is 25.2 Å². The topological polar surface area (TPSA) is 75.7 Å². The molecule has 3 aromatic rings. The standard InChI is InChI=1S/C26H25ClN2O4S/c1-17-16-21(28-23(30)19-10-6-7-11-20(19)27)34-22(17)24(31)29-14-12-26(13-15-29,25(32)33-2)18-8-4-3-5-9-18/h3-11,16H,12-15H2,1-2H3,(H,28,30). The van der Waals surface area contributed by atoms with Crippen molar-refractivity contribution in [2.75, 3.05) is 25.5 Å². The lowest BCUT2D eigenvalue weighted by Gasteiger charge is -2.40. The van der Waals surface area contributed by atoms with Crippen molar-refractivity contribution in [2.24, 2.45) is 0 Å². The number of hydrogen-bond acceptors (Lipinski definition) is 5. The molecule has 0 spiro atoms. The van der Waals surface area contributed by atoms with E-state index in [-0.39, 0.29) is 17.8 Å². The largest absolute Gasteiger partial charge is 0.468 e. The average molecular weight is 497 g/mol. The number of carbonyl (C=O) groups excluding carboxylic acids is 3. The molecule has 2 heterocycles. The highest BCUT2D eigenvalue weighted by atomic mass is 35.5. The van der Waals surface area contributed by atoms with Crippen LogP contribution in [0, 0.1) is 6.92 Å². The van der Waals surface area contributed by atoms with Crippen LogP contribution in [0.1, 0.15) is 44.0 Å². The van der Waals surface area contributed by atoms with Gasteiger partial charge in [0.15, 0.2) is 0 Å². The van der Waals surface area contributed by atoms with Gasteiger partial charge < -0.3 is 15.0 Å². The molecular formula is C26H25ClN2O4S. The normalized spacial score (nSPS) is 15.0. The van der Waals surface area contributed by atoms with Gasteiger partial charge in [-0.2, -0.15) is 0 Å². The molecule has 176 valence electrons. The summed E-state index contributed by atoms with van der Waals surface area (Å²) in [6, 6.07) is 18.2. The molecule has 0 aliphatic carbocycles. The summed E-state index contributed by atoms with van der Waals surface area (Å²) in [7, 11) is 1.40. The lowest BCUT2D eigenvalue weighted by Crippen LogP contribution is -2.49. The zero-order valence-corrected chi connectivity index (χ0v) is 20.5. The molecule has 1 saturated heterocycles. The van der Waals surface area contributed by atoms with Gasteiger partial charge in [-0.3, -0.25) is 14.4 Å². The summed E-state index contributed by atoms with van der Waals surface area (Å²) in [5.74, 6) is -0.704. The predicted octanol–water partition coefficient (Wildman–Crippen LogP) is 5.31. The predicted molar refractivity (Wildman–Crippen MR) is 134 cm³/mol. The summed E-state index contributed by atoms with van der Waals surface area (Å²) >= 11 is 7.36. The maximum Gasteiger partial charge on any atom is 0.316 e. The van der Waals surface area contributed by atoms with Gasteiger partial charge in [0.1, 0.15) is 0 Å². The molecule has 1 aliphatic heterocycles. The third-order valence-electron chi connectivity index (χ3n) is 6.27. The number of benzene rings is 2. The Hall–Kier alpha value is -3.16. The van der Waals surface area contributed by atoms with Crippen LogP contribution in [-0.2, 0) is 14.9 Å². The molecule has 6 nitrogen and oxygen atoms in total. The number of likely N-dealkylation sites (tertiary alicyclic amines) is 1. The van der Waals surface area contributed by atoms with E-state index < -0.39 is 5.41 Å². The van der Waals surface area contributed by atoms with Crippen molar-refractivity contribution in [1.82, 2.24) is 4.90 Å². The number of anilines is 1. The Labute approximate surface area is 207 Å². The highest BCUT2D eigenvalue weighted by Gasteiger charge is 2.45. The number of ether oxygens (including phenoxy) is 1. The number of esters is 1. The zero-order valence-electron chi connectivity index (χ0n) is 19.0. The van der Waals surface area contributed by atoms with Crippen molar-refractivity contribution in [3.05, 3.63) is 87.3 Å². The molecule has 8 heteroatoms. The maximum atomic E-state index is 13.3. The number of nitrogens with zero attached hydrogens (tertiary/aromatic N) is 1. The number of halogens is 1. The number of nitrogens with one attached hydrogen (secondary N) is 1. The molecule has 34 heavy (non-hydrogen) atoms. The molecule has 0 saturated carbocycles. The Morgan fingerprint density at radius 1 is 1.03 bits per heavy atom. The van der Waals surface area contributed by atoms with E-state index in [0.717, 1.165) is 11.1 Å². The Morgan fingerprint density at radius 2 is 1.68 bits per heavy atom. The molecule has 0 bridgehead atoms.